The normalized spacial score (nSPS) is 16.0. The van der Waals surface area contributed by atoms with Crippen molar-refractivity contribution >= 4 is 23.3 Å². The van der Waals surface area contributed by atoms with Crippen molar-refractivity contribution in [3.63, 3.8) is 0 Å². The fourth-order valence-electron chi connectivity index (χ4n) is 2.94. The Morgan fingerprint density at radius 1 is 1.43 bits per heavy atom. The van der Waals surface area contributed by atoms with E-state index in [1.54, 1.807) is 6.07 Å². The van der Waals surface area contributed by atoms with Crippen molar-refractivity contribution < 1.29 is 9.90 Å². The van der Waals surface area contributed by atoms with E-state index in [9.17, 15) is 4.79 Å². The fraction of sp³-hybridized carbons (Fsp3) is 0.588. The number of carbonyl (C=O) groups excluding carboxylic acids is 1. The summed E-state index contributed by atoms with van der Waals surface area (Å²) in [4.78, 5) is 16.5. The molecule has 23 heavy (non-hydrogen) atoms. The lowest BCUT2D eigenvalue weighted by molar-refractivity contribution is 0.134. The van der Waals surface area contributed by atoms with Gasteiger partial charge in [0.25, 0.3) is 0 Å². The summed E-state index contributed by atoms with van der Waals surface area (Å²) in [6.07, 6.45) is 2.71. The van der Waals surface area contributed by atoms with Gasteiger partial charge >= 0.3 is 6.03 Å². The summed E-state index contributed by atoms with van der Waals surface area (Å²) in [7, 11) is 2.09. The van der Waals surface area contributed by atoms with Gasteiger partial charge in [0.05, 0.1) is 10.7 Å². The quantitative estimate of drug-likeness (QED) is 0.867. The molecule has 6 heteroatoms. The minimum Gasteiger partial charge on any atom is -0.396 e. The molecule has 0 aliphatic carbocycles. The van der Waals surface area contributed by atoms with Gasteiger partial charge in [-0.3, -0.25) is 0 Å². The van der Waals surface area contributed by atoms with Gasteiger partial charge in [0, 0.05) is 32.3 Å². The van der Waals surface area contributed by atoms with E-state index in [1.165, 1.54) is 0 Å². The van der Waals surface area contributed by atoms with Gasteiger partial charge in [0.15, 0.2) is 0 Å². The van der Waals surface area contributed by atoms with E-state index in [0.29, 0.717) is 16.8 Å². The van der Waals surface area contributed by atoms with Gasteiger partial charge in [-0.1, -0.05) is 17.7 Å². The second kappa shape index (κ2) is 8.52. The Hall–Kier alpha value is -1.30. The fourth-order valence-corrected chi connectivity index (χ4v) is 3.11. The molecule has 0 unspecified atom stereocenters. The summed E-state index contributed by atoms with van der Waals surface area (Å²) in [5.41, 5.74) is 1.73. The highest BCUT2D eigenvalue weighted by molar-refractivity contribution is 6.33. The molecule has 0 saturated carbocycles. The van der Waals surface area contributed by atoms with E-state index in [4.69, 9.17) is 16.7 Å². The Bertz CT molecular complexity index is 531. The topological polar surface area (TPSA) is 55.8 Å². The lowest BCUT2D eigenvalue weighted by Gasteiger charge is -2.36. The van der Waals surface area contributed by atoms with E-state index in [2.05, 4.69) is 17.3 Å². The number of halogens is 1. The van der Waals surface area contributed by atoms with Crippen LogP contribution < -0.4 is 5.32 Å². The molecule has 0 bridgehead atoms. The molecule has 2 N–H and O–H groups in total. The molecule has 2 rings (SSSR count). The van der Waals surface area contributed by atoms with E-state index >= 15 is 0 Å². The number of aliphatic hydroxyl groups excluding tert-OH is 1. The molecular formula is C17H26ClN3O2. The number of anilines is 1. The van der Waals surface area contributed by atoms with Crippen molar-refractivity contribution in [1.29, 1.82) is 0 Å². The van der Waals surface area contributed by atoms with Crippen molar-refractivity contribution in [2.24, 2.45) is 0 Å². The molecule has 1 heterocycles. The molecule has 1 aromatic rings. The van der Waals surface area contributed by atoms with Crippen LogP contribution in [0.5, 0.6) is 0 Å². The van der Waals surface area contributed by atoms with Gasteiger partial charge in [-0.05, 0) is 50.9 Å². The zero-order valence-corrected chi connectivity index (χ0v) is 14.6. The third-order valence-corrected chi connectivity index (χ3v) is 4.74. The number of carbonyl (C=O) groups is 1. The number of piperidine rings is 1. The van der Waals surface area contributed by atoms with Gasteiger partial charge in [-0.2, -0.15) is 0 Å². The molecule has 1 saturated heterocycles. The largest absolute Gasteiger partial charge is 0.396 e. The lowest BCUT2D eigenvalue weighted by Crippen LogP contribution is -2.47. The Balaban J connectivity index is 1.85. The highest BCUT2D eigenvalue weighted by atomic mass is 35.5. The molecule has 128 valence electrons. The van der Waals surface area contributed by atoms with Crippen LogP contribution in [0.15, 0.2) is 18.2 Å². The van der Waals surface area contributed by atoms with Crippen molar-refractivity contribution in [3.05, 3.63) is 28.8 Å². The summed E-state index contributed by atoms with van der Waals surface area (Å²) in [5, 5.41) is 12.4. The monoisotopic (exact) mass is 339 g/mol. The van der Waals surface area contributed by atoms with Crippen molar-refractivity contribution in [2.75, 3.05) is 38.6 Å². The summed E-state index contributed by atoms with van der Waals surface area (Å²) in [5.74, 6) is 0. The van der Waals surface area contributed by atoms with E-state index < -0.39 is 0 Å². The molecule has 1 aliphatic rings. The van der Waals surface area contributed by atoms with Crippen molar-refractivity contribution in [1.82, 2.24) is 9.80 Å². The minimum atomic E-state index is -0.0889. The first-order valence-corrected chi connectivity index (χ1v) is 8.52. The van der Waals surface area contributed by atoms with Gasteiger partial charge in [0.2, 0.25) is 0 Å². The number of aliphatic hydroxyl groups is 1. The highest BCUT2D eigenvalue weighted by Gasteiger charge is 2.25. The third kappa shape index (κ3) is 5.09. The predicted molar refractivity (Wildman–Crippen MR) is 94.1 cm³/mol. The number of hydrogen-bond donors (Lipinski definition) is 2. The third-order valence-electron chi connectivity index (χ3n) is 4.41. The van der Waals surface area contributed by atoms with Crippen LogP contribution in [0.2, 0.25) is 5.02 Å². The number of aryl methyl sites for hydroxylation is 1. The second-order valence-electron chi connectivity index (χ2n) is 6.19. The maximum Gasteiger partial charge on any atom is 0.321 e. The molecule has 0 spiro atoms. The van der Waals surface area contributed by atoms with Crippen LogP contribution in [0, 0.1) is 6.92 Å². The molecule has 5 nitrogen and oxygen atoms in total. The summed E-state index contributed by atoms with van der Waals surface area (Å²) >= 11 is 6.13. The molecule has 1 aromatic carbocycles. The standard InChI is InChI=1S/C17H26ClN3O2/c1-13-4-5-15(18)16(12-13)19-17(23)21-9-6-14(7-10-21)20(2)8-3-11-22/h4-5,12,14,22H,3,6-11H2,1-2H3,(H,19,23). The molecule has 2 amide bonds. The number of urea groups is 1. The zero-order chi connectivity index (χ0) is 16.8. The van der Waals surface area contributed by atoms with Gasteiger partial charge in [-0.15, -0.1) is 0 Å². The van der Waals surface area contributed by atoms with Gasteiger partial charge in [0.1, 0.15) is 0 Å². The Labute approximate surface area is 143 Å². The maximum atomic E-state index is 12.4. The second-order valence-corrected chi connectivity index (χ2v) is 6.60. The van der Waals surface area contributed by atoms with E-state index in [1.807, 2.05) is 24.0 Å². The zero-order valence-electron chi connectivity index (χ0n) is 13.9. The first kappa shape index (κ1) is 18.0. The van der Waals surface area contributed by atoms with Gasteiger partial charge in [-0.25, -0.2) is 4.79 Å². The van der Waals surface area contributed by atoms with Crippen LogP contribution in [0.3, 0.4) is 0 Å². The predicted octanol–water partition coefficient (Wildman–Crippen LogP) is 2.96. The number of nitrogens with one attached hydrogen (secondary N) is 1. The van der Waals surface area contributed by atoms with Crippen molar-refractivity contribution in [3.8, 4) is 0 Å². The first-order chi connectivity index (χ1) is 11.0. The van der Waals surface area contributed by atoms with E-state index in [0.717, 1.165) is 44.5 Å². The SMILES string of the molecule is Cc1ccc(Cl)c(NC(=O)N2CCC(N(C)CCCO)CC2)c1. The molecule has 1 fully saturated rings. The minimum absolute atomic E-state index is 0.0889. The Morgan fingerprint density at radius 3 is 2.78 bits per heavy atom. The van der Waals surface area contributed by atoms with Crippen LogP contribution in [0.4, 0.5) is 10.5 Å². The number of benzene rings is 1. The number of likely N-dealkylation sites (tertiary alicyclic amines) is 1. The lowest BCUT2D eigenvalue weighted by atomic mass is 10.0. The number of amides is 2. The summed E-state index contributed by atoms with van der Waals surface area (Å²) in [6.45, 7) is 4.57. The first-order valence-electron chi connectivity index (χ1n) is 8.14. The van der Waals surface area contributed by atoms with Gasteiger partial charge < -0.3 is 20.2 Å². The molecular weight excluding hydrogens is 314 g/mol. The molecule has 0 atom stereocenters. The Morgan fingerprint density at radius 2 is 2.13 bits per heavy atom. The summed E-state index contributed by atoms with van der Waals surface area (Å²) in [6, 6.07) is 6.00. The molecule has 0 radical (unpaired) electrons. The van der Waals surface area contributed by atoms with Crippen LogP contribution in [-0.4, -0.2) is 60.3 Å². The smallest absolute Gasteiger partial charge is 0.321 e. The van der Waals surface area contributed by atoms with Crippen LogP contribution in [-0.2, 0) is 0 Å². The molecule has 0 aromatic heterocycles. The number of nitrogens with zero attached hydrogens (tertiary/aromatic N) is 2. The number of hydrogen-bond acceptors (Lipinski definition) is 3. The van der Waals surface area contributed by atoms with Crippen LogP contribution >= 0.6 is 11.6 Å². The van der Waals surface area contributed by atoms with Crippen molar-refractivity contribution in [2.45, 2.75) is 32.2 Å². The number of rotatable bonds is 5. The van der Waals surface area contributed by atoms with Crippen LogP contribution in [0.1, 0.15) is 24.8 Å². The van der Waals surface area contributed by atoms with Crippen LogP contribution in [0.25, 0.3) is 0 Å². The average Bonchev–Trinajstić information content (AvgIpc) is 2.56. The van der Waals surface area contributed by atoms with E-state index in [-0.39, 0.29) is 12.6 Å². The maximum absolute atomic E-state index is 12.4. The summed E-state index contributed by atoms with van der Waals surface area (Å²) < 4.78 is 0. The molecule has 1 aliphatic heterocycles. The Kier molecular flexibility index (Phi) is 6.69. The average molecular weight is 340 g/mol. The highest BCUT2D eigenvalue weighted by Crippen LogP contribution is 2.24.